The van der Waals surface area contributed by atoms with Crippen molar-refractivity contribution < 1.29 is 9.53 Å². The van der Waals surface area contributed by atoms with Gasteiger partial charge < -0.3 is 4.74 Å². The molecule has 0 atom stereocenters. The Balaban J connectivity index is 1.88. The molecule has 0 amide bonds. The Morgan fingerprint density at radius 1 is 1.09 bits per heavy atom. The summed E-state index contributed by atoms with van der Waals surface area (Å²) in [6.07, 6.45) is 5.03. The van der Waals surface area contributed by atoms with Gasteiger partial charge in [-0.15, -0.1) is 0 Å². The minimum absolute atomic E-state index is 0.0814. The van der Waals surface area contributed by atoms with Crippen LogP contribution in [-0.4, -0.2) is 16.9 Å². The van der Waals surface area contributed by atoms with Gasteiger partial charge >= 0.3 is 5.97 Å². The van der Waals surface area contributed by atoms with Crippen molar-refractivity contribution in [2.45, 2.75) is 26.2 Å². The van der Waals surface area contributed by atoms with Gasteiger partial charge in [-0.3, -0.25) is 4.98 Å². The molecule has 23 heavy (non-hydrogen) atoms. The monoisotopic (exact) mass is 306 g/mol. The Kier molecular flexibility index (Phi) is 3.82. The Bertz CT molecular complexity index is 782. The van der Waals surface area contributed by atoms with Crippen molar-refractivity contribution in [3.8, 4) is 0 Å². The van der Waals surface area contributed by atoms with E-state index in [4.69, 9.17) is 4.74 Å². The fourth-order valence-corrected chi connectivity index (χ4v) is 2.26. The van der Waals surface area contributed by atoms with Crippen LogP contribution in [0.15, 0.2) is 59.5 Å². The Labute approximate surface area is 135 Å². The molecule has 1 aromatic heterocycles. The standard InChI is InChI=1S/C19H18N2O2/c1-19(2,3)15-8-6-14(7-9-15)17-21-16(18(22)23-17)11-13-5-4-10-20-12-13/h4-12H,1-3H3/b16-11-. The van der Waals surface area contributed by atoms with Gasteiger partial charge in [-0.25, -0.2) is 9.79 Å². The molecule has 0 spiro atoms. The summed E-state index contributed by atoms with van der Waals surface area (Å²) < 4.78 is 5.28. The molecular formula is C19H18N2O2. The van der Waals surface area contributed by atoms with Crippen LogP contribution in [-0.2, 0) is 14.9 Å². The van der Waals surface area contributed by atoms with Gasteiger partial charge in [0.2, 0.25) is 5.90 Å². The normalized spacial score (nSPS) is 16.4. The number of carbonyl (C=O) groups is 1. The Morgan fingerprint density at radius 3 is 2.43 bits per heavy atom. The van der Waals surface area contributed by atoms with Crippen LogP contribution < -0.4 is 0 Å². The predicted octanol–water partition coefficient (Wildman–Crippen LogP) is 3.72. The summed E-state index contributed by atoms with van der Waals surface area (Å²) in [5, 5.41) is 0. The Hall–Kier alpha value is -2.75. The molecule has 1 aliphatic rings. The van der Waals surface area contributed by atoms with E-state index in [0.29, 0.717) is 5.90 Å². The van der Waals surface area contributed by atoms with Crippen LogP contribution in [0.2, 0.25) is 0 Å². The first-order valence-corrected chi connectivity index (χ1v) is 7.47. The molecular weight excluding hydrogens is 288 g/mol. The van der Waals surface area contributed by atoms with Crippen molar-refractivity contribution in [2.75, 3.05) is 0 Å². The second-order valence-electron chi connectivity index (χ2n) is 6.45. The van der Waals surface area contributed by atoms with Gasteiger partial charge in [-0.1, -0.05) is 39.0 Å². The molecule has 3 rings (SSSR count). The molecule has 116 valence electrons. The molecule has 0 saturated heterocycles. The van der Waals surface area contributed by atoms with Crippen molar-refractivity contribution in [3.05, 3.63) is 71.2 Å². The maximum absolute atomic E-state index is 12.0. The third-order valence-electron chi connectivity index (χ3n) is 3.61. The van der Waals surface area contributed by atoms with Gasteiger partial charge in [-0.2, -0.15) is 0 Å². The summed E-state index contributed by atoms with van der Waals surface area (Å²) in [6, 6.07) is 11.6. The van der Waals surface area contributed by atoms with Crippen LogP contribution in [0.3, 0.4) is 0 Å². The number of rotatable bonds is 2. The smallest absolute Gasteiger partial charge is 0.363 e. The van der Waals surface area contributed by atoms with E-state index < -0.39 is 5.97 Å². The van der Waals surface area contributed by atoms with E-state index >= 15 is 0 Å². The van der Waals surface area contributed by atoms with E-state index in [1.54, 1.807) is 18.5 Å². The summed E-state index contributed by atoms with van der Waals surface area (Å²) in [5.74, 6) is -0.102. The van der Waals surface area contributed by atoms with Crippen molar-refractivity contribution in [3.63, 3.8) is 0 Å². The van der Waals surface area contributed by atoms with Crippen LogP contribution in [0.25, 0.3) is 6.08 Å². The molecule has 4 nitrogen and oxygen atoms in total. The van der Waals surface area contributed by atoms with Gasteiger partial charge in [0.15, 0.2) is 5.70 Å². The summed E-state index contributed by atoms with van der Waals surface area (Å²) in [6.45, 7) is 6.47. The molecule has 2 aromatic rings. The highest BCUT2D eigenvalue weighted by atomic mass is 16.6. The van der Waals surface area contributed by atoms with Crippen LogP contribution in [0.5, 0.6) is 0 Å². The minimum atomic E-state index is -0.441. The quantitative estimate of drug-likeness (QED) is 0.627. The van der Waals surface area contributed by atoms with E-state index in [-0.39, 0.29) is 11.1 Å². The number of cyclic esters (lactones) is 1. The number of hydrogen-bond donors (Lipinski definition) is 0. The number of aliphatic imine (C=N–C) groups is 1. The fourth-order valence-electron chi connectivity index (χ4n) is 2.26. The molecule has 0 fully saturated rings. The largest absolute Gasteiger partial charge is 0.402 e. The van der Waals surface area contributed by atoms with Gasteiger partial charge in [0.05, 0.1) is 0 Å². The summed E-state index contributed by atoms with van der Waals surface area (Å²) >= 11 is 0. The molecule has 0 aliphatic carbocycles. The average Bonchev–Trinajstić information content (AvgIpc) is 2.89. The zero-order valence-electron chi connectivity index (χ0n) is 13.4. The number of esters is 1. The van der Waals surface area contributed by atoms with E-state index in [1.165, 1.54) is 5.56 Å². The van der Waals surface area contributed by atoms with E-state index in [2.05, 4.69) is 30.7 Å². The molecule has 0 unspecified atom stereocenters. The number of nitrogens with zero attached hydrogens (tertiary/aromatic N) is 2. The fraction of sp³-hybridized carbons (Fsp3) is 0.211. The zero-order valence-corrected chi connectivity index (χ0v) is 13.4. The molecule has 1 aromatic carbocycles. The zero-order chi connectivity index (χ0) is 16.4. The topological polar surface area (TPSA) is 51.5 Å². The molecule has 1 aliphatic heterocycles. The summed E-state index contributed by atoms with van der Waals surface area (Å²) in [7, 11) is 0. The highest BCUT2D eigenvalue weighted by Crippen LogP contribution is 2.24. The first-order chi connectivity index (χ1) is 10.9. The second kappa shape index (κ2) is 5.80. The van der Waals surface area contributed by atoms with Gasteiger partial charge in [0.1, 0.15) is 0 Å². The van der Waals surface area contributed by atoms with E-state index in [0.717, 1.165) is 11.1 Å². The molecule has 4 heteroatoms. The summed E-state index contributed by atoms with van der Waals surface area (Å²) in [4.78, 5) is 20.3. The number of benzene rings is 1. The molecule has 0 N–H and O–H groups in total. The third-order valence-corrected chi connectivity index (χ3v) is 3.61. The summed E-state index contributed by atoms with van der Waals surface area (Å²) in [5.41, 5.74) is 3.19. The minimum Gasteiger partial charge on any atom is -0.402 e. The van der Waals surface area contributed by atoms with Crippen LogP contribution in [0.1, 0.15) is 37.5 Å². The van der Waals surface area contributed by atoms with Crippen molar-refractivity contribution in [1.82, 2.24) is 4.98 Å². The van der Waals surface area contributed by atoms with Crippen LogP contribution >= 0.6 is 0 Å². The first kappa shape index (κ1) is 15.2. The second-order valence-corrected chi connectivity index (χ2v) is 6.45. The Morgan fingerprint density at radius 2 is 1.83 bits per heavy atom. The lowest BCUT2D eigenvalue weighted by Crippen LogP contribution is -2.11. The predicted molar refractivity (Wildman–Crippen MR) is 90.0 cm³/mol. The van der Waals surface area contributed by atoms with E-state index in [1.807, 2.05) is 36.4 Å². The number of ether oxygens (including phenoxy) is 1. The lowest BCUT2D eigenvalue weighted by Gasteiger charge is -2.18. The average molecular weight is 306 g/mol. The lowest BCUT2D eigenvalue weighted by atomic mass is 9.87. The first-order valence-electron chi connectivity index (χ1n) is 7.47. The van der Waals surface area contributed by atoms with Crippen molar-refractivity contribution >= 4 is 17.9 Å². The third kappa shape index (κ3) is 3.37. The van der Waals surface area contributed by atoms with Gasteiger partial charge in [0, 0.05) is 18.0 Å². The molecule has 0 radical (unpaired) electrons. The van der Waals surface area contributed by atoms with Crippen molar-refractivity contribution in [1.29, 1.82) is 0 Å². The number of carbonyl (C=O) groups excluding carboxylic acids is 1. The maximum Gasteiger partial charge on any atom is 0.363 e. The van der Waals surface area contributed by atoms with Gasteiger partial charge in [-0.05, 0) is 40.8 Å². The van der Waals surface area contributed by atoms with Gasteiger partial charge in [0.25, 0.3) is 0 Å². The highest BCUT2D eigenvalue weighted by molar-refractivity contribution is 6.12. The SMILES string of the molecule is CC(C)(C)c1ccc(C2=N/C(=C\c3cccnc3)C(=O)O2)cc1. The highest BCUT2D eigenvalue weighted by Gasteiger charge is 2.24. The van der Waals surface area contributed by atoms with E-state index in [9.17, 15) is 4.79 Å². The van der Waals surface area contributed by atoms with Crippen LogP contribution in [0, 0.1) is 0 Å². The number of pyridine rings is 1. The van der Waals surface area contributed by atoms with Crippen molar-refractivity contribution in [2.24, 2.45) is 4.99 Å². The number of hydrogen-bond acceptors (Lipinski definition) is 4. The molecule has 0 saturated carbocycles. The number of aromatic nitrogens is 1. The lowest BCUT2D eigenvalue weighted by molar-refractivity contribution is -0.129. The molecule has 0 bridgehead atoms. The maximum atomic E-state index is 12.0. The molecule has 2 heterocycles. The van der Waals surface area contributed by atoms with Crippen LogP contribution in [0.4, 0.5) is 0 Å².